The summed E-state index contributed by atoms with van der Waals surface area (Å²) in [4.78, 5) is 2.58. The Labute approximate surface area is 132 Å². The average molecular weight is 316 g/mol. The first kappa shape index (κ1) is 17.4. The van der Waals surface area contributed by atoms with Crippen LogP contribution in [0.5, 0.6) is 0 Å². The molecule has 2 unspecified atom stereocenters. The van der Waals surface area contributed by atoms with Gasteiger partial charge in [0, 0.05) is 32.4 Å². The average Bonchev–Trinajstić information content (AvgIpc) is 3.11. The number of nitrogens with zero attached hydrogens (tertiary/aromatic N) is 1. The first-order valence-electron chi connectivity index (χ1n) is 8.81. The van der Waals surface area contributed by atoms with Crippen molar-refractivity contribution in [3.8, 4) is 0 Å². The Kier molecular flexibility index (Phi) is 8.25. The fourth-order valence-electron chi connectivity index (χ4n) is 3.17. The van der Waals surface area contributed by atoms with Crippen molar-refractivity contribution in [2.75, 3.05) is 32.8 Å². The predicted octanol–water partition coefficient (Wildman–Crippen LogP) is 1.96. The second-order valence-electron chi connectivity index (χ2n) is 6.66. The van der Waals surface area contributed by atoms with Gasteiger partial charge in [-0.25, -0.2) is 0 Å². The minimum absolute atomic E-state index is 0.319. The molecule has 2 saturated heterocycles. The van der Waals surface area contributed by atoms with Gasteiger partial charge >= 0.3 is 0 Å². The second kappa shape index (κ2) is 9.95. The summed E-state index contributed by atoms with van der Waals surface area (Å²) in [6.45, 7) is 9.52. The predicted molar refractivity (Wildman–Crippen MR) is 88.6 cm³/mol. The Morgan fingerprint density at radius 2 is 1.71 bits per heavy atom. The highest BCUT2D eigenvalue weighted by Gasteiger charge is 2.23. The van der Waals surface area contributed by atoms with Crippen LogP contribution in [0.15, 0.2) is 0 Å². The molecule has 0 aromatic heterocycles. The molecule has 2 heterocycles. The Morgan fingerprint density at radius 3 is 2.19 bits per heavy atom. The Morgan fingerprint density at radius 1 is 1.10 bits per heavy atom. The first-order valence-corrected chi connectivity index (χ1v) is 10.4. The molecule has 124 valence electrons. The van der Waals surface area contributed by atoms with Crippen molar-refractivity contribution in [2.45, 2.75) is 70.3 Å². The van der Waals surface area contributed by atoms with Gasteiger partial charge in [0.2, 0.25) is 0 Å². The molecule has 0 bridgehead atoms. The molecule has 2 aliphatic heterocycles. The number of ether oxygens (including phenoxy) is 2. The van der Waals surface area contributed by atoms with Crippen molar-refractivity contribution in [2.24, 2.45) is 0 Å². The molecule has 2 aliphatic rings. The minimum Gasteiger partial charge on any atom is -0.422 e. The molecule has 2 atom stereocenters. The summed E-state index contributed by atoms with van der Waals surface area (Å²) in [7, 11) is -0.319. The van der Waals surface area contributed by atoms with Crippen LogP contribution in [-0.4, -0.2) is 65.8 Å². The van der Waals surface area contributed by atoms with Gasteiger partial charge in [-0.1, -0.05) is 0 Å². The van der Waals surface area contributed by atoms with Crippen molar-refractivity contribution in [3.05, 3.63) is 0 Å². The molecule has 0 amide bonds. The lowest BCUT2D eigenvalue weighted by atomic mass is 10.2. The van der Waals surface area contributed by atoms with Gasteiger partial charge in [-0.05, 0) is 58.5 Å². The van der Waals surface area contributed by atoms with E-state index in [0.717, 1.165) is 26.3 Å². The zero-order valence-corrected chi connectivity index (χ0v) is 15.3. The van der Waals surface area contributed by atoms with E-state index >= 15 is 0 Å². The monoisotopic (exact) mass is 315 g/mol. The summed E-state index contributed by atoms with van der Waals surface area (Å²) in [5, 5.41) is 0. The van der Waals surface area contributed by atoms with Gasteiger partial charge in [-0.2, -0.15) is 0 Å². The molecular formula is C16H33NO3Si. The molecule has 0 spiro atoms. The summed E-state index contributed by atoms with van der Waals surface area (Å²) in [5.74, 6) is 0. The molecule has 5 heteroatoms. The van der Waals surface area contributed by atoms with E-state index in [9.17, 15) is 0 Å². The normalized spacial score (nSPS) is 26.9. The minimum atomic E-state index is -0.319. The van der Waals surface area contributed by atoms with Gasteiger partial charge < -0.3 is 13.9 Å². The summed E-state index contributed by atoms with van der Waals surface area (Å²) in [5.41, 5.74) is 0. The third kappa shape index (κ3) is 7.24. The van der Waals surface area contributed by atoms with Gasteiger partial charge in [0.1, 0.15) is 0 Å². The van der Waals surface area contributed by atoms with Crippen LogP contribution >= 0.6 is 0 Å². The second-order valence-corrected chi connectivity index (χ2v) is 8.10. The van der Waals surface area contributed by atoms with Gasteiger partial charge in [0.05, 0.1) is 12.2 Å². The maximum Gasteiger partial charge on any atom is 0.161 e. The molecular weight excluding hydrogens is 282 g/mol. The van der Waals surface area contributed by atoms with Crippen LogP contribution in [0.2, 0.25) is 6.04 Å². The fraction of sp³-hybridized carbons (Fsp3) is 1.00. The highest BCUT2D eigenvalue weighted by atomic mass is 28.2. The summed E-state index contributed by atoms with van der Waals surface area (Å²) in [6.07, 6.45) is 7.50. The molecule has 0 saturated carbocycles. The van der Waals surface area contributed by atoms with Crippen molar-refractivity contribution < 1.29 is 13.9 Å². The molecule has 4 nitrogen and oxygen atoms in total. The van der Waals surface area contributed by atoms with Gasteiger partial charge in [0.25, 0.3) is 0 Å². The van der Waals surface area contributed by atoms with Gasteiger partial charge in [-0.15, -0.1) is 0 Å². The molecule has 0 aromatic carbocycles. The zero-order chi connectivity index (χ0) is 14.9. The Hall–Kier alpha value is 0.0569. The smallest absolute Gasteiger partial charge is 0.161 e. The van der Waals surface area contributed by atoms with E-state index in [1.165, 1.54) is 44.7 Å². The quantitative estimate of drug-likeness (QED) is 0.455. The van der Waals surface area contributed by atoms with E-state index in [1.807, 2.05) is 0 Å². The van der Waals surface area contributed by atoms with Crippen molar-refractivity contribution in [3.63, 3.8) is 0 Å². The number of hydrogen-bond acceptors (Lipinski definition) is 4. The van der Waals surface area contributed by atoms with Crippen LogP contribution in [0.1, 0.15) is 46.0 Å². The lowest BCUT2D eigenvalue weighted by Crippen LogP contribution is -2.38. The van der Waals surface area contributed by atoms with Crippen LogP contribution in [-0.2, 0) is 13.9 Å². The van der Waals surface area contributed by atoms with Crippen molar-refractivity contribution >= 4 is 9.76 Å². The van der Waals surface area contributed by atoms with Crippen LogP contribution in [0.25, 0.3) is 0 Å². The van der Waals surface area contributed by atoms with Gasteiger partial charge in [-0.3, -0.25) is 4.90 Å². The fourth-order valence-corrected chi connectivity index (χ4v) is 4.23. The first-order chi connectivity index (χ1) is 10.2. The molecule has 0 aliphatic carbocycles. The molecule has 0 radical (unpaired) electrons. The van der Waals surface area contributed by atoms with Crippen LogP contribution in [0, 0.1) is 0 Å². The maximum atomic E-state index is 5.81. The topological polar surface area (TPSA) is 30.9 Å². The van der Waals surface area contributed by atoms with E-state index in [0.29, 0.717) is 18.3 Å². The third-order valence-electron chi connectivity index (χ3n) is 4.29. The molecule has 0 aromatic rings. The summed E-state index contributed by atoms with van der Waals surface area (Å²) < 4.78 is 17.4. The highest BCUT2D eigenvalue weighted by molar-refractivity contribution is 6.27. The SMILES string of the molecule is CC(C)O[SiH2]CCCN(CC1CCCO1)CC1CCCO1. The van der Waals surface area contributed by atoms with E-state index in [-0.39, 0.29) is 9.76 Å². The zero-order valence-electron chi connectivity index (χ0n) is 13.9. The van der Waals surface area contributed by atoms with Crippen LogP contribution < -0.4 is 0 Å². The van der Waals surface area contributed by atoms with Crippen molar-refractivity contribution in [1.29, 1.82) is 0 Å². The van der Waals surface area contributed by atoms with Crippen LogP contribution in [0.3, 0.4) is 0 Å². The third-order valence-corrected chi connectivity index (χ3v) is 5.98. The summed E-state index contributed by atoms with van der Waals surface area (Å²) >= 11 is 0. The molecule has 21 heavy (non-hydrogen) atoms. The highest BCUT2D eigenvalue weighted by Crippen LogP contribution is 2.17. The number of hydrogen-bond donors (Lipinski definition) is 0. The van der Waals surface area contributed by atoms with Crippen LogP contribution in [0.4, 0.5) is 0 Å². The molecule has 0 N–H and O–H groups in total. The lowest BCUT2D eigenvalue weighted by Gasteiger charge is -2.27. The van der Waals surface area contributed by atoms with E-state index in [4.69, 9.17) is 13.9 Å². The summed E-state index contributed by atoms with van der Waals surface area (Å²) in [6, 6.07) is 1.28. The molecule has 2 rings (SSSR count). The maximum absolute atomic E-state index is 5.81. The number of rotatable bonds is 10. The Balaban J connectivity index is 1.66. The van der Waals surface area contributed by atoms with Gasteiger partial charge in [0.15, 0.2) is 9.76 Å². The van der Waals surface area contributed by atoms with E-state index < -0.39 is 0 Å². The Bertz CT molecular complexity index is 248. The molecule has 2 fully saturated rings. The van der Waals surface area contributed by atoms with Crippen molar-refractivity contribution in [1.82, 2.24) is 4.90 Å². The lowest BCUT2D eigenvalue weighted by molar-refractivity contribution is 0.0376. The van der Waals surface area contributed by atoms with E-state index in [2.05, 4.69) is 18.7 Å². The van der Waals surface area contributed by atoms with E-state index in [1.54, 1.807) is 0 Å². The largest absolute Gasteiger partial charge is 0.422 e. The standard InChI is InChI=1S/C16H33NO3Si/c1-14(2)20-21-11-5-8-17(12-15-6-3-9-18-15)13-16-7-4-10-19-16/h14-16H,3-13,21H2,1-2H3.